The molecule has 0 bridgehead atoms. The van der Waals surface area contributed by atoms with E-state index >= 15 is 0 Å². The second-order valence-corrected chi connectivity index (χ2v) is 11.0. The minimum absolute atomic E-state index is 0.0466. The Morgan fingerprint density at radius 3 is 2.51 bits per heavy atom. The van der Waals surface area contributed by atoms with Crippen LogP contribution >= 0.6 is 11.6 Å². The Bertz CT molecular complexity index is 1070. The van der Waals surface area contributed by atoms with Crippen molar-refractivity contribution in [2.45, 2.75) is 64.2 Å². The first-order valence-corrected chi connectivity index (χ1v) is 12.8. The lowest BCUT2D eigenvalue weighted by Crippen LogP contribution is -2.59. The number of carbonyl (C=O) groups is 2. The molecule has 35 heavy (non-hydrogen) atoms. The third-order valence-corrected chi connectivity index (χ3v) is 8.11. The number of hydrogen-bond acceptors (Lipinski definition) is 4. The molecule has 3 atom stereocenters. The molecule has 0 aromatic heterocycles. The van der Waals surface area contributed by atoms with E-state index in [9.17, 15) is 19.8 Å². The highest BCUT2D eigenvalue weighted by molar-refractivity contribution is 6.30. The van der Waals surface area contributed by atoms with Crippen molar-refractivity contribution < 1.29 is 19.8 Å². The maximum absolute atomic E-state index is 13.7. The van der Waals surface area contributed by atoms with Gasteiger partial charge in [-0.1, -0.05) is 62.6 Å². The van der Waals surface area contributed by atoms with Crippen LogP contribution in [-0.4, -0.2) is 46.1 Å². The number of aliphatic hydroxyl groups is 2. The summed E-state index contributed by atoms with van der Waals surface area (Å²) >= 11 is 6.05. The Morgan fingerprint density at radius 2 is 1.83 bits per heavy atom. The van der Waals surface area contributed by atoms with E-state index in [2.05, 4.69) is 5.32 Å². The number of benzene rings is 2. The van der Waals surface area contributed by atoms with E-state index in [1.165, 1.54) is 0 Å². The first-order valence-electron chi connectivity index (χ1n) is 12.4. The highest BCUT2D eigenvalue weighted by Crippen LogP contribution is 2.46. The van der Waals surface area contributed by atoms with Crippen LogP contribution in [0.1, 0.15) is 67.4 Å². The van der Waals surface area contributed by atoms with Crippen molar-refractivity contribution in [3.63, 3.8) is 0 Å². The number of rotatable bonds is 5. The number of nitrogens with zero attached hydrogens (tertiary/aromatic N) is 1. The molecule has 6 nitrogen and oxygen atoms in total. The summed E-state index contributed by atoms with van der Waals surface area (Å²) in [5.41, 5.74) is 0.351. The van der Waals surface area contributed by atoms with Gasteiger partial charge in [0.1, 0.15) is 0 Å². The van der Waals surface area contributed by atoms with Crippen molar-refractivity contribution in [2.24, 2.45) is 11.3 Å². The molecule has 188 valence electrons. The Morgan fingerprint density at radius 1 is 1.11 bits per heavy atom. The quantitative estimate of drug-likeness (QED) is 0.574. The summed E-state index contributed by atoms with van der Waals surface area (Å²) in [6.45, 7) is 4.75. The molecule has 4 rings (SSSR count). The van der Waals surface area contributed by atoms with Crippen LogP contribution in [0.5, 0.6) is 0 Å². The predicted molar refractivity (Wildman–Crippen MR) is 136 cm³/mol. The van der Waals surface area contributed by atoms with Crippen molar-refractivity contribution in [3.05, 3.63) is 70.2 Å². The van der Waals surface area contributed by atoms with E-state index in [1.807, 2.05) is 30.9 Å². The zero-order chi connectivity index (χ0) is 25.2. The molecule has 0 unspecified atom stereocenters. The summed E-state index contributed by atoms with van der Waals surface area (Å²) in [5.74, 6) is -0.460. The second kappa shape index (κ2) is 10.3. The number of carbonyl (C=O) groups excluding carboxylic acids is 2. The van der Waals surface area contributed by atoms with Crippen molar-refractivity contribution >= 4 is 23.4 Å². The summed E-state index contributed by atoms with van der Waals surface area (Å²) < 4.78 is 0. The molecular weight excluding hydrogens is 464 g/mol. The molecule has 1 aliphatic carbocycles. The summed E-state index contributed by atoms with van der Waals surface area (Å²) in [6.07, 6.45) is 3.85. The first kappa shape index (κ1) is 25.7. The SMILES string of the molecule is CC1(C)CN(C(=O)[C@H]2CCCC[C@H]2NC(=O)c2cccc(CO)c2)CC[C@]1(O)c1ccc(Cl)cc1. The van der Waals surface area contributed by atoms with Gasteiger partial charge in [0.25, 0.3) is 5.91 Å². The molecule has 7 heteroatoms. The zero-order valence-corrected chi connectivity index (χ0v) is 21.2. The van der Waals surface area contributed by atoms with Crippen LogP contribution in [0.4, 0.5) is 0 Å². The van der Waals surface area contributed by atoms with E-state index in [4.69, 9.17) is 11.6 Å². The van der Waals surface area contributed by atoms with Gasteiger partial charge < -0.3 is 20.4 Å². The highest BCUT2D eigenvalue weighted by atomic mass is 35.5. The number of piperidine rings is 1. The average Bonchev–Trinajstić information content (AvgIpc) is 2.86. The molecular formula is C28H35ClN2O4. The lowest BCUT2D eigenvalue weighted by molar-refractivity contribution is -0.158. The fourth-order valence-corrected chi connectivity index (χ4v) is 5.79. The summed E-state index contributed by atoms with van der Waals surface area (Å²) in [5, 5.41) is 24.8. The van der Waals surface area contributed by atoms with Crippen LogP contribution in [0.15, 0.2) is 48.5 Å². The number of amides is 2. The van der Waals surface area contributed by atoms with Crippen molar-refractivity contribution in [2.75, 3.05) is 13.1 Å². The third kappa shape index (κ3) is 5.25. The van der Waals surface area contributed by atoms with Gasteiger partial charge in [-0.15, -0.1) is 0 Å². The van der Waals surface area contributed by atoms with Gasteiger partial charge in [0.15, 0.2) is 0 Å². The molecule has 0 spiro atoms. The average molecular weight is 499 g/mol. The van der Waals surface area contributed by atoms with Gasteiger partial charge in [-0.05, 0) is 54.7 Å². The van der Waals surface area contributed by atoms with E-state index in [0.717, 1.165) is 31.2 Å². The summed E-state index contributed by atoms with van der Waals surface area (Å²) in [7, 11) is 0. The van der Waals surface area contributed by atoms with Crippen molar-refractivity contribution in [1.82, 2.24) is 10.2 Å². The van der Waals surface area contributed by atoms with E-state index in [1.54, 1.807) is 36.4 Å². The fraction of sp³-hybridized carbons (Fsp3) is 0.500. The van der Waals surface area contributed by atoms with Crippen LogP contribution in [0, 0.1) is 11.3 Å². The minimum atomic E-state index is -1.06. The smallest absolute Gasteiger partial charge is 0.251 e. The highest BCUT2D eigenvalue weighted by Gasteiger charge is 2.50. The number of nitrogens with one attached hydrogen (secondary N) is 1. The monoisotopic (exact) mass is 498 g/mol. The van der Waals surface area contributed by atoms with E-state index in [0.29, 0.717) is 35.7 Å². The largest absolute Gasteiger partial charge is 0.392 e. The Balaban J connectivity index is 1.47. The van der Waals surface area contributed by atoms with Crippen LogP contribution in [0.3, 0.4) is 0 Å². The molecule has 2 aromatic carbocycles. The van der Waals surface area contributed by atoms with Gasteiger partial charge in [-0.2, -0.15) is 0 Å². The second-order valence-electron chi connectivity index (χ2n) is 10.6. The van der Waals surface area contributed by atoms with Crippen LogP contribution < -0.4 is 5.32 Å². The number of likely N-dealkylation sites (tertiary alicyclic amines) is 1. The van der Waals surface area contributed by atoms with E-state index < -0.39 is 11.0 Å². The van der Waals surface area contributed by atoms with Gasteiger partial charge >= 0.3 is 0 Å². The van der Waals surface area contributed by atoms with Gasteiger partial charge in [-0.25, -0.2) is 0 Å². The van der Waals surface area contributed by atoms with Crippen molar-refractivity contribution in [1.29, 1.82) is 0 Å². The number of hydrogen-bond donors (Lipinski definition) is 3. The van der Waals surface area contributed by atoms with Gasteiger partial charge in [0.2, 0.25) is 5.91 Å². The molecule has 2 fully saturated rings. The normalized spacial score (nSPS) is 26.3. The lowest BCUT2D eigenvalue weighted by Gasteiger charge is -2.51. The Labute approximate surface area is 212 Å². The lowest BCUT2D eigenvalue weighted by atomic mass is 9.66. The first-order chi connectivity index (χ1) is 16.6. The molecule has 2 aromatic rings. The molecule has 2 aliphatic rings. The van der Waals surface area contributed by atoms with Gasteiger partial charge in [0, 0.05) is 35.1 Å². The van der Waals surface area contributed by atoms with Crippen LogP contribution in [-0.2, 0) is 17.0 Å². The minimum Gasteiger partial charge on any atom is -0.392 e. The summed E-state index contributed by atoms with van der Waals surface area (Å²) in [4.78, 5) is 28.5. The van der Waals surface area contributed by atoms with Crippen LogP contribution in [0.25, 0.3) is 0 Å². The maximum atomic E-state index is 13.7. The molecule has 3 N–H and O–H groups in total. The number of halogens is 1. The Kier molecular flexibility index (Phi) is 7.55. The summed E-state index contributed by atoms with van der Waals surface area (Å²) in [6, 6.07) is 14.0. The van der Waals surface area contributed by atoms with Crippen molar-refractivity contribution in [3.8, 4) is 0 Å². The van der Waals surface area contributed by atoms with Gasteiger partial charge in [0.05, 0.1) is 18.1 Å². The Hall–Kier alpha value is -2.41. The van der Waals surface area contributed by atoms with E-state index in [-0.39, 0.29) is 30.4 Å². The molecule has 1 saturated heterocycles. The molecule has 1 aliphatic heterocycles. The molecule has 2 amide bonds. The standard InChI is InChI=1S/C28H35ClN2O4/c1-27(2)18-31(15-14-28(27,35)21-10-12-22(29)13-11-21)26(34)23-8-3-4-9-24(23)30-25(33)20-7-5-6-19(16-20)17-32/h5-7,10-13,16,23-24,32,35H,3-4,8-9,14-15,17-18H2,1-2H3,(H,30,33)/t23-,24+,28-/m0/s1. The third-order valence-electron chi connectivity index (χ3n) is 7.85. The maximum Gasteiger partial charge on any atom is 0.251 e. The molecule has 1 heterocycles. The topological polar surface area (TPSA) is 89.9 Å². The van der Waals surface area contributed by atoms with Gasteiger partial charge in [-0.3, -0.25) is 9.59 Å². The number of aliphatic hydroxyl groups excluding tert-OH is 1. The zero-order valence-electron chi connectivity index (χ0n) is 20.5. The molecule has 1 saturated carbocycles. The fourth-order valence-electron chi connectivity index (χ4n) is 5.67. The van der Waals surface area contributed by atoms with Crippen LogP contribution in [0.2, 0.25) is 5.02 Å². The molecule has 0 radical (unpaired) electrons. The predicted octanol–water partition coefficient (Wildman–Crippen LogP) is 4.27.